The van der Waals surface area contributed by atoms with Gasteiger partial charge in [0.25, 0.3) is 0 Å². The highest BCUT2D eigenvalue weighted by atomic mass is 79.9. The summed E-state index contributed by atoms with van der Waals surface area (Å²) in [7, 11) is 0. The number of rotatable bonds is 5. The Bertz CT molecular complexity index is 386. The van der Waals surface area contributed by atoms with E-state index in [9.17, 15) is 4.79 Å². The summed E-state index contributed by atoms with van der Waals surface area (Å²) in [4.78, 5) is 11.4. The predicted octanol–water partition coefficient (Wildman–Crippen LogP) is 3.58. The molecule has 0 aliphatic heterocycles. The Morgan fingerprint density at radius 1 is 1.41 bits per heavy atom. The van der Waals surface area contributed by atoms with Gasteiger partial charge < -0.3 is 4.74 Å². The molecule has 1 saturated carbocycles. The molecule has 0 saturated heterocycles. The van der Waals surface area contributed by atoms with Gasteiger partial charge in [-0.2, -0.15) is 0 Å². The Morgan fingerprint density at radius 3 is 2.76 bits per heavy atom. The van der Waals surface area contributed by atoms with Crippen molar-refractivity contribution in [3.05, 3.63) is 34.3 Å². The third kappa shape index (κ3) is 3.56. The van der Waals surface area contributed by atoms with E-state index in [2.05, 4.69) is 40.2 Å². The minimum absolute atomic E-state index is 0.00620. The fourth-order valence-corrected chi connectivity index (χ4v) is 2.37. The molecule has 1 aliphatic carbocycles. The van der Waals surface area contributed by atoms with Crippen LogP contribution >= 0.6 is 15.9 Å². The second-order valence-corrected chi connectivity index (χ2v) is 5.44. The van der Waals surface area contributed by atoms with Gasteiger partial charge >= 0.3 is 5.97 Å². The van der Waals surface area contributed by atoms with E-state index in [1.165, 1.54) is 5.56 Å². The number of aryl methyl sites for hydroxylation is 1. The SMILES string of the molecule is CCOC(=O)[C@@H]1C[C@H]1CCc1ccc(Br)cc1. The van der Waals surface area contributed by atoms with Crippen molar-refractivity contribution in [3.8, 4) is 0 Å². The lowest BCUT2D eigenvalue weighted by Gasteiger charge is -2.02. The first kappa shape index (κ1) is 12.6. The molecule has 0 aromatic heterocycles. The minimum atomic E-state index is -0.00620. The molecule has 1 aromatic rings. The number of carbonyl (C=O) groups excluding carboxylic acids is 1. The summed E-state index contributed by atoms with van der Waals surface area (Å²) in [5.41, 5.74) is 1.34. The Kier molecular flexibility index (Phi) is 4.21. The van der Waals surface area contributed by atoms with Crippen molar-refractivity contribution < 1.29 is 9.53 Å². The third-order valence-electron chi connectivity index (χ3n) is 3.23. The molecule has 1 aliphatic rings. The van der Waals surface area contributed by atoms with Crippen LogP contribution in [0.3, 0.4) is 0 Å². The van der Waals surface area contributed by atoms with E-state index in [0.717, 1.165) is 23.7 Å². The maximum absolute atomic E-state index is 11.4. The minimum Gasteiger partial charge on any atom is -0.466 e. The number of esters is 1. The van der Waals surface area contributed by atoms with Crippen molar-refractivity contribution in [3.63, 3.8) is 0 Å². The monoisotopic (exact) mass is 296 g/mol. The van der Waals surface area contributed by atoms with Gasteiger partial charge in [-0.1, -0.05) is 28.1 Å². The van der Waals surface area contributed by atoms with Gasteiger partial charge in [-0.3, -0.25) is 4.79 Å². The lowest BCUT2D eigenvalue weighted by Crippen LogP contribution is -2.07. The van der Waals surface area contributed by atoms with Crippen LogP contribution < -0.4 is 0 Å². The Hall–Kier alpha value is -0.830. The molecule has 0 radical (unpaired) electrons. The van der Waals surface area contributed by atoms with Gasteiger partial charge in [-0.25, -0.2) is 0 Å². The molecule has 1 fully saturated rings. The van der Waals surface area contributed by atoms with E-state index in [4.69, 9.17) is 4.74 Å². The second-order valence-electron chi connectivity index (χ2n) is 4.52. The van der Waals surface area contributed by atoms with Crippen LogP contribution in [0.2, 0.25) is 0 Å². The zero-order valence-electron chi connectivity index (χ0n) is 9.99. The van der Waals surface area contributed by atoms with Gasteiger partial charge in [0.15, 0.2) is 0 Å². The summed E-state index contributed by atoms with van der Waals surface area (Å²) in [6, 6.07) is 8.38. The standard InChI is InChI=1S/C14H17BrO2/c1-2-17-14(16)13-9-11(13)6-3-10-4-7-12(15)8-5-10/h4-5,7-8,11,13H,2-3,6,9H2,1H3/t11-,13-/m1/s1. The van der Waals surface area contributed by atoms with Crippen molar-refractivity contribution in [1.29, 1.82) is 0 Å². The first-order chi connectivity index (χ1) is 8.20. The Balaban J connectivity index is 1.74. The maximum Gasteiger partial charge on any atom is 0.309 e. The van der Waals surface area contributed by atoms with Crippen LogP contribution in [0.15, 0.2) is 28.7 Å². The van der Waals surface area contributed by atoms with Gasteiger partial charge in [0, 0.05) is 4.47 Å². The van der Waals surface area contributed by atoms with Crippen LogP contribution in [0.25, 0.3) is 0 Å². The number of halogens is 1. The zero-order valence-corrected chi connectivity index (χ0v) is 11.6. The lowest BCUT2D eigenvalue weighted by atomic mass is 10.1. The summed E-state index contributed by atoms with van der Waals surface area (Å²) < 4.78 is 6.13. The van der Waals surface area contributed by atoms with Crippen molar-refractivity contribution in [2.24, 2.45) is 11.8 Å². The number of benzene rings is 1. The molecule has 2 rings (SSSR count). The third-order valence-corrected chi connectivity index (χ3v) is 3.76. The second kappa shape index (κ2) is 5.67. The van der Waals surface area contributed by atoms with Crippen LogP contribution in [-0.2, 0) is 16.0 Å². The first-order valence-corrected chi connectivity index (χ1v) is 6.91. The molecule has 17 heavy (non-hydrogen) atoms. The summed E-state index contributed by atoms with van der Waals surface area (Å²) in [5.74, 6) is 0.705. The fraction of sp³-hybridized carbons (Fsp3) is 0.500. The van der Waals surface area contributed by atoms with Gasteiger partial charge in [0.2, 0.25) is 0 Å². The lowest BCUT2D eigenvalue weighted by molar-refractivity contribution is -0.145. The van der Waals surface area contributed by atoms with Crippen LogP contribution in [0.5, 0.6) is 0 Å². The number of carbonyl (C=O) groups is 1. The topological polar surface area (TPSA) is 26.3 Å². The average Bonchev–Trinajstić information content (AvgIpc) is 3.08. The predicted molar refractivity (Wildman–Crippen MR) is 70.7 cm³/mol. The van der Waals surface area contributed by atoms with E-state index in [-0.39, 0.29) is 11.9 Å². The van der Waals surface area contributed by atoms with Crippen molar-refractivity contribution in [2.75, 3.05) is 6.61 Å². The van der Waals surface area contributed by atoms with E-state index in [0.29, 0.717) is 12.5 Å². The summed E-state index contributed by atoms with van der Waals surface area (Å²) in [6.45, 7) is 2.35. The van der Waals surface area contributed by atoms with E-state index < -0.39 is 0 Å². The molecule has 0 unspecified atom stereocenters. The van der Waals surface area contributed by atoms with Crippen LogP contribution in [0.4, 0.5) is 0 Å². The van der Waals surface area contributed by atoms with Gasteiger partial charge in [-0.15, -0.1) is 0 Å². The average molecular weight is 297 g/mol. The zero-order chi connectivity index (χ0) is 12.3. The number of hydrogen-bond donors (Lipinski definition) is 0. The molecule has 1 aromatic carbocycles. The van der Waals surface area contributed by atoms with Crippen LogP contribution in [0.1, 0.15) is 25.3 Å². The smallest absolute Gasteiger partial charge is 0.309 e. The molecule has 2 nitrogen and oxygen atoms in total. The number of hydrogen-bond acceptors (Lipinski definition) is 2. The van der Waals surface area contributed by atoms with Gasteiger partial charge in [0.05, 0.1) is 12.5 Å². The molecular formula is C14H17BrO2. The number of ether oxygens (including phenoxy) is 1. The summed E-state index contributed by atoms with van der Waals surface area (Å²) in [6.07, 6.45) is 3.15. The van der Waals surface area contributed by atoms with Crippen molar-refractivity contribution in [1.82, 2.24) is 0 Å². The molecule has 0 bridgehead atoms. The summed E-state index contributed by atoms with van der Waals surface area (Å²) in [5, 5.41) is 0. The first-order valence-electron chi connectivity index (χ1n) is 6.11. The molecule has 0 amide bonds. The molecular weight excluding hydrogens is 280 g/mol. The fourth-order valence-electron chi connectivity index (χ4n) is 2.11. The van der Waals surface area contributed by atoms with Crippen LogP contribution in [0, 0.1) is 11.8 Å². The molecule has 0 N–H and O–H groups in total. The normalized spacial score (nSPS) is 22.2. The molecule has 0 heterocycles. The van der Waals surface area contributed by atoms with Crippen molar-refractivity contribution >= 4 is 21.9 Å². The largest absolute Gasteiger partial charge is 0.466 e. The molecule has 0 spiro atoms. The highest BCUT2D eigenvalue weighted by molar-refractivity contribution is 9.10. The Labute approximate surface area is 110 Å². The van der Waals surface area contributed by atoms with E-state index >= 15 is 0 Å². The Morgan fingerprint density at radius 2 is 2.12 bits per heavy atom. The molecule has 3 heteroatoms. The highest BCUT2D eigenvalue weighted by Crippen LogP contribution is 2.42. The molecule has 2 atom stereocenters. The van der Waals surface area contributed by atoms with Crippen LogP contribution in [-0.4, -0.2) is 12.6 Å². The van der Waals surface area contributed by atoms with E-state index in [1.54, 1.807) is 0 Å². The van der Waals surface area contributed by atoms with E-state index in [1.807, 2.05) is 6.92 Å². The van der Waals surface area contributed by atoms with Gasteiger partial charge in [-0.05, 0) is 49.8 Å². The van der Waals surface area contributed by atoms with Gasteiger partial charge in [0.1, 0.15) is 0 Å². The summed E-state index contributed by atoms with van der Waals surface area (Å²) >= 11 is 3.42. The highest BCUT2D eigenvalue weighted by Gasteiger charge is 2.43. The molecule has 92 valence electrons. The maximum atomic E-state index is 11.4. The quantitative estimate of drug-likeness (QED) is 0.776. The van der Waals surface area contributed by atoms with Crippen molar-refractivity contribution in [2.45, 2.75) is 26.2 Å².